The smallest absolute Gasteiger partial charge is 0.225 e. The van der Waals surface area contributed by atoms with Gasteiger partial charge in [0, 0.05) is 50.9 Å². The molecule has 1 atom stereocenters. The first-order valence-corrected chi connectivity index (χ1v) is 7.76. The fraction of sp³-hybridized carbons (Fsp3) is 0.667. The van der Waals surface area contributed by atoms with Crippen molar-refractivity contribution in [3.63, 3.8) is 0 Å². The molecule has 2 amide bonds. The molecule has 21 heavy (non-hydrogen) atoms. The SMILES string of the molecule is CCc1nccn1CCNC(=O)C1CC(=O)N(C2CC2)C1. The molecule has 0 spiro atoms. The topological polar surface area (TPSA) is 67.2 Å². The van der Waals surface area contributed by atoms with E-state index < -0.39 is 0 Å². The van der Waals surface area contributed by atoms with E-state index in [0.29, 0.717) is 25.6 Å². The molecule has 2 aliphatic rings. The molecule has 0 radical (unpaired) electrons. The lowest BCUT2D eigenvalue weighted by atomic mass is 10.1. The maximum atomic E-state index is 12.1. The van der Waals surface area contributed by atoms with Crippen molar-refractivity contribution in [3.05, 3.63) is 18.2 Å². The first-order valence-electron chi connectivity index (χ1n) is 7.76. The molecule has 2 fully saturated rings. The van der Waals surface area contributed by atoms with Crippen LogP contribution in [0.15, 0.2) is 12.4 Å². The zero-order chi connectivity index (χ0) is 14.8. The Balaban J connectivity index is 1.45. The molecule has 6 nitrogen and oxygen atoms in total. The summed E-state index contributed by atoms with van der Waals surface area (Å²) in [5.41, 5.74) is 0. The maximum Gasteiger partial charge on any atom is 0.225 e. The number of rotatable bonds is 6. The van der Waals surface area contributed by atoms with Crippen molar-refractivity contribution in [3.8, 4) is 0 Å². The van der Waals surface area contributed by atoms with E-state index in [1.165, 1.54) is 0 Å². The molecule has 6 heteroatoms. The van der Waals surface area contributed by atoms with E-state index in [1.54, 1.807) is 6.20 Å². The average Bonchev–Trinajstić information content (AvgIpc) is 3.09. The Morgan fingerprint density at radius 3 is 3.00 bits per heavy atom. The molecule has 1 aliphatic heterocycles. The zero-order valence-corrected chi connectivity index (χ0v) is 12.4. The van der Waals surface area contributed by atoms with Crippen molar-refractivity contribution in [2.24, 2.45) is 5.92 Å². The van der Waals surface area contributed by atoms with Crippen LogP contribution in [0.1, 0.15) is 32.0 Å². The number of carbonyl (C=O) groups excluding carboxylic acids is 2. The molecule has 0 aromatic carbocycles. The molecule has 1 saturated heterocycles. The minimum Gasteiger partial charge on any atom is -0.354 e. The number of aromatic nitrogens is 2. The van der Waals surface area contributed by atoms with Gasteiger partial charge >= 0.3 is 0 Å². The quantitative estimate of drug-likeness (QED) is 0.833. The minimum atomic E-state index is -0.175. The molecule has 0 bridgehead atoms. The summed E-state index contributed by atoms with van der Waals surface area (Å²) >= 11 is 0. The Hall–Kier alpha value is -1.85. The van der Waals surface area contributed by atoms with Crippen LogP contribution in [0, 0.1) is 5.92 Å². The fourth-order valence-corrected chi connectivity index (χ4v) is 2.95. The molecule has 1 aromatic heterocycles. The van der Waals surface area contributed by atoms with E-state index in [-0.39, 0.29) is 17.7 Å². The second kappa shape index (κ2) is 5.87. The van der Waals surface area contributed by atoms with Crippen molar-refractivity contribution in [1.29, 1.82) is 0 Å². The molecule has 1 N–H and O–H groups in total. The van der Waals surface area contributed by atoms with Crippen molar-refractivity contribution < 1.29 is 9.59 Å². The van der Waals surface area contributed by atoms with Crippen LogP contribution >= 0.6 is 0 Å². The summed E-state index contributed by atoms with van der Waals surface area (Å²) in [4.78, 5) is 30.1. The van der Waals surface area contributed by atoms with Gasteiger partial charge < -0.3 is 14.8 Å². The van der Waals surface area contributed by atoms with Gasteiger partial charge in [0.2, 0.25) is 11.8 Å². The van der Waals surface area contributed by atoms with Gasteiger partial charge in [0.15, 0.2) is 0 Å². The normalized spacial score (nSPS) is 21.9. The highest BCUT2D eigenvalue weighted by Gasteiger charge is 2.41. The lowest BCUT2D eigenvalue weighted by molar-refractivity contribution is -0.129. The van der Waals surface area contributed by atoms with Crippen molar-refractivity contribution >= 4 is 11.8 Å². The van der Waals surface area contributed by atoms with Gasteiger partial charge in [-0.2, -0.15) is 0 Å². The Kier molecular flexibility index (Phi) is 3.94. The third-order valence-electron chi connectivity index (χ3n) is 4.29. The monoisotopic (exact) mass is 290 g/mol. The maximum absolute atomic E-state index is 12.1. The second-order valence-corrected chi connectivity index (χ2v) is 5.86. The summed E-state index contributed by atoms with van der Waals surface area (Å²) in [5.74, 6) is 0.997. The molecule has 1 aliphatic carbocycles. The largest absolute Gasteiger partial charge is 0.354 e. The summed E-state index contributed by atoms with van der Waals surface area (Å²) in [6, 6.07) is 0.411. The van der Waals surface area contributed by atoms with E-state index in [2.05, 4.69) is 21.8 Å². The number of aryl methyl sites for hydroxylation is 1. The number of hydrogen-bond donors (Lipinski definition) is 1. The number of amides is 2. The van der Waals surface area contributed by atoms with Gasteiger partial charge in [0.1, 0.15) is 5.82 Å². The standard InChI is InChI=1S/C15H22N4O2/c1-2-13-16-5-7-18(13)8-6-17-15(21)11-9-14(20)19(10-11)12-3-4-12/h5,7,11-12H,2-4,6,8-10H2,1H3,(H,17,21). The predicted molar refractivity (Wildman–Crippen MR) is 77.5 cm³/mol. The van der Waals surface area contributed by atoms with Gasteiger partial charge in [0.05, 0.1) is 5.92 Å². The van der Waals surface area contributed by atoms with Gasteiger partial charge in [-0.05, 0) is 12.8 Å². The van der Waals surface area contributed by atoms with Crippen LogP contribution in [-0.4, -0.2) is 45.4 Å². The third-order valence-corrected chi connectivity index (χ3v) is 4.29. The Labute approximate surface area is 124 Å². The lowest BCUT2D eigenvalue weighted by Crippen LogP contribution is -2.35. The van der Waals surface area contributed by atoms with E-state index in [0.717, 1.165) is 31.6 Å². The van der Waals surface area contributed by atoms with E-state index in [4.69, 9.17) is 0 Å². The first kappa shape index (κ1) is 14.1. The third kappa shape index (κ3) is 3.09. The van der Waals surface area contributed by atoms with E-state index in [9.17, 15) is 9.59 Å². The van der Waals surface area contributed by atoms with Crippen LogP contribution in [0.3, 0.4) is 0 Å². The molecule has 2 heterocycles. The predicted octanol–water partition coefficient (Wildman–Crippen LogP) is 0.573. The molecule has 114 valence electrons. The summed E-state index contributed by atoms with van der Waals surface area (Å²) < 4.78 is 2.05. The van der Waals surface area contributed by atoms with Crippen LogP contribution < -0.4 is 5.32 Å². The van der Waals surface area contributed by atoms with Crippen LogP contribution in [0.5, 0.6) is 0 Å². The highest BCUT2D eigenvalue weighted by molar-refractivity contribution is 5.89. The Bertz CT molecular complexity index is 536. The summed E-state index contributed by atoms with van der Waals surface area (Å²) in [5, 5.41) is 2.95. The summed E-state index contributed by atoms with van der Waals surface area (Å²) in [6.45, 7) is 3.97. The molecule has 1 saturated carbocycles. The number of nitrogens with zero attached hydrogens (tertiary/aromatic N) is 3. The number of imidazole rings is 1. The van der Waals surface area contributed by atoms with Gasteiger partial charge in [-0.25, -0.2) is 4.98 Å². The molecular formula is C15H22N4O2. The lowest BCUT2D eigenvalue weighted by Gasteiger charge is -2.15. The van der Waals surface area contributed by atoms with E-state index >= 15 is 0 Å². The van der Waals surface area contributed by atoms with Crippen molar-refractivity contribution in [2.45, 2.75) is 45.2 Å². The molecule has 1 aromatic rings. The first-order chi connectivity index (χ1) is 10.2. The highest BCUT2D eigenvalue weighted by Crippen LogP contribution is 2.32. The Morgan fingerprint density at radius 1 is 1.48 bits per heavy atom. The van der Waals surface area contributed by atoms with E-state index in [1.807, 2.05) is 11.1 Å². The average molecular weight is 290 g/mol. The molecular weight excluding hydrogens is 268 g/mol. The number of likely N-dealkylation sites (tertiary alicyclic amines) is 1. The number of nitrogens with one attached hydrogen (secondary N) is 1. The van der Waals surface area contributed by atoms with Gasteiger partial charge in [-0.1, -0.05) is 6.92 Å². The van der Waals surface area contributed by atoms with Gasteiger partial charge in [-0.15, -0.1) is 0 Å². The van der Waals surface area contributed by atoms with Crippen molar-refractivity contribution in [2.75, 3.05) is 13.1 Å². The highest BCUT2D eigenvalue weighted by atomic mass is 16.2. The van der Waals surface area contributed by atoms with Crippen LogP contribution in [0.25, 0.3) is 0 Å². The van der Waals surface area contributed by atoms with Crippen LogP contribution in [0.4, 0.5) is 0 Å². The zero-order valence-electron chi connectivity index (χ0n) is 12.4. The fourth-order valence-electron chi connectivity index (χ4n) is 2.95. The molecule has 3 rings (SSSR count). The van der Waals surface area contributed by atoms with Gasteiger partial charge in [0.25, 0.3) is 0 Å². The Morgan fingerprint density at radius 2 is 2.29 bits per heavy atom. The van der Waals surface area contributed by atoms with Gasteiger partial charge in [-0.3, -0.25) is 9.59 Å². The number of carbonyl (C=O) groups is 2. The number of hydrogen-bond acceptors (Lipinski definition) is 3. The van der Waals surface area contributed by atoms with Crippen LogP contribution in [-0.2, 0) is 22.6 Å². The molecule has 1 unspecified atom stereocenters. The summed E-state index contributed by atoms with van der Waals surface area (Å²) in [7, 11) is 0. The summed E-state index contributed by atoms with van der Waals surface area (Å²) in [6.07, 6.45) is 7.16. The van der Waals surface area contributed by atoms with Crippen LogP contribution in [0.2, 0.25) is 0 Å². The minimum absolute atomic E-state index is 0.00432. The second-order valence-electron chi connectivity index (χ2n) is 5.86. The van der Waals surface area contributed by atoms with Crippen molar-refractivity contribution in [1.82, 2.24) is 19.8 Å².